The van der Waals surface area contributed by atoms with Crippen molar-refractivity contribution >= 4 is 34.8 Å². The molecule has 1 aliphatic heterocycles. The third-order valence-electron chi connectivity index (χ3n) is 4.09. The molecule has 3 N–H and O–H groups in total. The van der Waals surface area contributed by atoms with Crippen LogP contribution in [-0.2, 0) is 0 Å². The van der Waals surface area contributed by atoms with Gasteiger partial charge in [0, 0.05) is 5.02 Å². The summed E-state index contributed by atoms with van der Waals surface area (Å²) in [5.74, 6) is -3.03. The Morgan fingerprint density at radius 1 is 1.23 bits per heavy atom. The molecule has 0 saturated carbocycles. The lowest BCUT2D eigenvalue weighted by molar-refractivity contribution is -0.287. The molecule has 1 aliphatic rings. The molecule has 0 bridgehead atoms. The SMILES string of the molecule is O=C1NC(c2ccccc2Cl)C(C(=O)c2cccs2)C(O)(C(F)(F)F)N1. The van der Waals surface area contributed by atoms with Gasteiger partial charge >= 0.3 is 12.2 Å². The molecule has 1 fully saturated rings. The van der Waals surface area contributed by atoms with Gasteiger partial charge in [-0.05, 0) is 23.1 Å². The first-order chi connectivity index (χ1) is 12.1. The second kappa shape index (κ2) is 6.57. The highest BCUT2D eigenvalue weighted by molar-refractivity contribution is 7.12. The molecule has 3 unspecified atom stereocenters. The van der Waals surface area contributed by atoms with Gasteiger partial charge in [-0.15, -0.1) is 11.3 Å². The summed E-state index contributed by atoms with van der Waals surface area (Å²) in [5.41, 5.74) is -3.65. The van der Waals surface area contributed by atoms with Gasteiger partial charge < -0.3 is 15.7 Å². The maximum atomic E-state index is 13.7. The first-order valence-corrected chi connectivity index (χ1v) is 8.61. The van der Waals surface area contributed by atoms with Crippen LogP contribution in [0.5, 0.6) is 0 Å². The largest absolute Gasteiger partial charge is 0.437 e. The molecular formula is C16H12ClF3N2O3S. The van der Waals surface area contributed by atoms with E-state index in [0.717, 1.165) is 11.3 Å². The molecule has 1 saturated heterocycles. The average molecular weight is 405 g/mol. The standard InChI is InChI=1S/C16H12ClF3N2O3S/c17-9-5-2-1-4-8(9)12-11(13(23)10-6-3-7-26-10)15(25,16(18,19)20)22-14(24)21-12/h1-7,11-12,25H,(H2,21,22,24). The van der Waals surface area contributed by atoms with E-state index in [4.69, 9.17) is 11.6 Å². The van der Waals surface area contributed by atoms with Gasteiger partial charge in [-0.25, -0.2) is 4.79 Å². The van der Waals surface area contributed by atoms with Crippen LogP contribution < -0.4 is 10.6 Å². The Kier molecular flexibility index (Phi) is 4.72. The number of Topliss-reactive ketones (excluding diaryl/α,β-unsaturated/α-hetero) is 1. The molecule has 5 nitrogen and oxygen atoms in total. The number of aliphatic hydroxyl groups is 1. The maximum absolute atomic E-state index is 13.7. The van der Waals surface area contributed by atoms with Crippen molar-refractivity contribution in [2.75, 3.05) is 0 Å². The molecule has 2 amide bonds. The summed E-state index contributed by atoms with van der Waals surface area (Å²) in [6, 6.07) is 6.00. The highest BCUT2D eigenvalue weighted by Crippen LogP contribution is 2.45. The van der Waals surface area contributed by atoms with E-state index in [-0.39, 0.29) is 15.5 Å². The van der Waals surface area contributed by atoms with Gasteiger partial charge in [-0.1, -0.05) is 35.9 Å². The van der Waals surface area contributed by atoms with Crippen molar-refractivity contribution < 1.29 is 27.9 Å². The quantitative estimate of drug-likeness (QED) is 0.685. The average Bonchev–Trinajstić information content (AvgIpc) is 3.07. The minimum atomic E-state index is -5.29. The van der Waals surface area contributed by atoms with Gasteiger partial charge in [0.2, 0.25) is 5.72 Å². The fourth-order valence-electron chi connectivity index (χ4n) is 2.90. The van der Waals surface area contributed by atoms with Crippen molar-refractivity contribution in [2.45, 2.75) is 17.9 Å². The van der Waals surface area contributed by atoms with E-state index >= 15 is 0 Å². The lowest BCUT2D eigenvalue weighted by Gasteiger charge is -2.45. The number of urea groups is 1. The lowest BCUT2D eigenvalue weighted by atomic mass is 9.78. The summed E-state index contributed by atoms with van der Waals surface area (Å²) >= 11 is 7.00. The molecule has 3 atom stereocenters. The summed E-state index contributed by atoms with van der Waals surface area (Å²) < 4.78 is 41.0. The molecule has 10 heteroatoms. The predicted octanol–water partition coefficient (Wildman–Crippen LogP) is 3.51. The highest BCUT2D eigenvalue weighted by atomic mass is 35.5. The van der Waals surface area contributed by atoms with Gasteiger partial charge in [-0.3, -0.25) is 4.79 Å². The zero-order valence-corrected chi connectivity index (χ0v) is 14.5. The second-order valence-corrected chi connectivity index (χ2v) is 7.04. The molecule has 1 aromatic heterocycles. The van der Waals surface area contributed by atoms with Crippen LogP contribution >= 0.6 is 22.9 Å². The normalized spacial score (nSPS) is 26.1. The topological polar surface area (TPSA) is 78.4 Å². The van der Waals surface area contributed by atoms with E-state index in [1.807, 2.05) is 0 Å². The third kappa shape index (κ3) is 3.06. The predicted molar refractivity (Wildman–Crippen MR) is 89.0 cm³/mol. The van der Waals surface area contributed by atoms with E-state index in [1.165, 1.54) is 41.0 Å². The van der Waals surface area contributed by atoms with E-state index in [1.54, 1.807) is 6.07 Å². The molecule has 2 heterocycles. The maximum Gasteiger partial charge on any atom is 0.437 e. The van der Waals surface area contributed by atoms with Crippen molar-refractivity contribution in [3.05, 3.63) is 57.2 Å². The lowest BCUT2D eigenvalue weighted by Crippen LogP contribution is -2.72. The van der Waals surface area contributed by atoms with Gasteiger partial charge in [0.05, 0.1) is 10.9 Å². The molecular weight excluding hydrogens is 393 g/mol. The van der Waals surface area contributed by atoms with Crippen LogP contribution in [0.3, 0.4) is 0 Å². The fourth-order valence-corrected chi connectivity index (χ4v) is 3.85. The number of benzene rings is 1. The van der Waals surface area contributed by atoms with Gasteiger partial charge in [0.25, 0.3) is 0 Å². The Hall–Kier alpha value is -2.10. The molecule has 1 aromatic carbocycles. The minimum absolute atomic E-state index is 0.0210. The number of nitrogens with one attached hydrogen (secondary N) is 2. The number of amides is 2. The summed E-state index contributed by atoms with van der Waals surface area (Å²) in [6.07, 6.45) is -5.29. The number of hydrogen-bond donors (Lipinski definition) is 3. The Balaban J connectivity index is 2.18. The number of ketones is 1. The number of carbonyl (C=O) groups excluding carboxylic acids is 2. The summed E-state index contributed by atoms with van der Waals surface area (Å²) in [6.45, 7) is 0. The summed E-state index contributed by atoms with van der Waals surface area (Å²) in [5, 5.41) is 15.7. The Bertz CT molecular complexity index is 844. The summed E-state index contributed by atoms with van der Waals surface area (Å²) in [7, 11) is 0. The number of carbonyl (C=O) groups is 2. The number of halogens is 4. The van der Waals surface area contributed by atoms with Crippen LogP contribution in [-0.4, -0.2) is 28.8 Å². The fraction of sp³-hybridized carbons (Fsp3) is 0.250. The first-order valence-electron chi connectivity index (χ1n) is 7.35. The molecule has 3 rings (SSSR count). The van der Waals surface area contributed by atoms with Crippen LogP contribution in [0.4, 0.5) is 18.0 Å². The smallest absolute Gasteiger partial charge is 0.363 e. The molecule has 0 spiro atoms. The van der Waals surface area contributed by atoms with Crippen LogP contribution in [0.15, 0.2) is 41.8 Å². The van der Waals surface area contributed by atoms with E-state index in [0.29, 0.717) is 0 Å². The number of thiophene rings is 1. The Labute approximate surface area is 154 Å². The molecule has 0 aliphatic carbocycles. The number of rotatable bonds is 3. The zero-order valence-electron chi connectivity index (χ0n) is 12.9. The first kappa shape index (κ1) is 18.7. The molecule has 0 radical (unpaired) electrons. The summed E-state index contributed by atoms with van der Waals surface area (Å²) in [4.78, 5) is 24.7. The van der Waals surface area contributed by atoms with Crippen molar-refractivity contribution in [3.63, 3.8) is 0 Å². The Morgan fingerprint density at radius 2 is 1.92 bits per heavy atom. The van der Waals surface area contributed by atoms with Crippen LogP contribution in [0.2, 0.25) is 5.02 Å². The van der Waals surface area contributed by atoms with Crippen molar-refractivity contribution in [1.29, 1.82) is 0 Å². The second-order valence-electron chi connectivity index (χ2n) is 5.68. The monoisotopic (exact) mass is 404 g/mol. The zero-order chi connectivity index (χ0) is 19.1. The van der Waals surface area contributed by atoms with Crippen molar-refractivity contribution in [1.82, 2.24) is 10.6 Å². The Morgan fingerprint density at radius 3 is 2.50 bits per heavy atom. The van der Waals surface area contributed by atoms with Gasteiger partial charge in [0.1, 0.15) is 5.92 Å². The number of hydrogen-bond acceptors (Lipinski definition) is 4. The molecule has 138 valence electrons. The van der Waals surface area contributed by atoms with E-state index < -0.39 is 35.7 Å². The van der Waals surface area contributed by atoms with Gasteiger partial charge in [0.15, 0.2) is 5.78 Å². The van der Waals surface area contributed by atoms with Crippen LogP contribution in [0.25, 0.3) is 0 Å². The molecule has 26 heavy (non-hydrogen) atoms. The highest BCUT2D eigenvalue weighted by Gasteiger charge is 2.66. The van der Waals surface area contributed by atoms with Crippen LogP contribution in [0, 0.1) is 5.92 Å². The minimum Gasteiger partial charge on any atom is -0.363 e. The number of alkyl halides is 3. The van der Waals surface area contributed by atoms with Crippen LogP contribution in [0.1, 0.15) is 21.3 Å². The third-order valence-corrected chi connectivity index (χ3v) is 5.32. The van der Waals surface area contributed by atoms with Crippen molar-refractivity contribution in [3.8, 4) is 0 Å². The molecule has 2 aromatic rings. The van der Waals surface area contributed by atoms with E-state index in [9.17, 15) is 27.9 Å². The van der Waals surface area contributed by atoms with Crippen molar-refractivity contribution in [2.24, 2.45) is 5.92 Å². The van der Waals surface area contributed by atoms with E-state index in [2.05, 4.69) is 5.32 Å². The van der Waals surface area contributed by atoms with Gasteiger partial charge in [-0.2, -0.15) is 13.2 Å².